The lowest BCUT2D eigenvalue weighted by Gasteiger charge is -2.32. The average molecular weight is 399 g/mol. The lowest BCUT2D eigenvalue weighted by Crippen LogP contribution is -2.44. The number of hydrogen-bond acceptors (Lipinski definition) is 4. The van der Waals surface area contributed by atoms with Crippen molar-refractivity contribution in [2.24, 2.45) is 0 Å². The fourth-order valence-electron chi connectivity index (χ4n) is 3.59. The van der Waals surface area contributed by atoms with Gasteiger partial charge in [0, 0.05) is 0 Å². The maximum Gasteiger partial charge on any atom is 0.319 e. The molecule has 2 aromatic carbocycles. The van der Waals surface area contributed by atoms with Gasteiger partial charge in [0.25, 0.3) is 0 Å². The van der Waals surface area contributed by atoms with Crippen LogP contribution in [0.1, 0.15) is 57.1 Å². The summed E-state index contributed by atoms with van der Waals surface area (Å²) in [5, 5.41) is 10.4. The normalized spacial score (nSPS) is 14.1. The molecule has 0 bridgehead atoms. The van der Waals surface area contributed by atoms with Crippen LogP contribution < -0.4 is 4.74 Å². The Morgan fingerprint density at radius 3 is 2.28 bits per heavy atom. The summed E-state index contributed by atoms with van der Waals surface area (Å²) in [6.45, 7) is 3.89. The van der Waals surface area contributed by atoms with E-state index in [1.54, 1.807) is 7.11 Å². The molecule has 2 rings (SSSR count). The van der Waals surface area contributed by atoms with Crippen LogP contribution >= 0.6 is 0 Å². The third-order valence-corrected chi connectivity index (χ3v) is 5.51. The Kier molecular flexibility index (Phi) is 9.20. The molecule has 2 atom stereocenters. The molecule has 0 fully saturated rings. The number of hydrogen-bond donors (Lipinski definition) is 1. The number of rotatable bonds is 12. The Morgan fingerprint density at radius 1 is 1.03 bits per heavy atom. The molecule has 0 aliphatic carbocycles. The minimum absolute atomic E-state index is 0.125. The topological polar surface area (TPSA) is 55.8 Å². The number of carbonyl (C=O) groups is 1. The highest BCUT2D eigenvalue weighted by atomic mass is 16.5. The lowest BCUT2D eigenvalue weighted by molar-refractivity contribution is -0.158. The van der Waals surface area contributed by atoms with Crippen molar-refractivity contribution in [2.75, 3.05) is 13.7 Å². The Bertz CT molecular complexity index is 726. The van der Waals surface area contributed by atoms with Crippen molar-refractivity contribution in [1.29, 1.82) is 0 Å². The molecular formula is C25H34O4. The van der Waals surface area contributed by atoms with E-state index in [0.717, 1.165) is 49.0 Å². The Hall–Kier alpha value is -2.33. The van der Waals surface area contributed by atoms with Crippen molar-refractivity contribution in [1.82, 2.24) is 0 Å². The number of esters is 1. The maximum absolute atomic E-state index is 13.4. The molecule has 158 valence electrons. The molecule has 2 unspecified atom stereocenters. The smallest absolute Gasteiger partial charge is 0.319 e. The van der Waals surface area contributed by atoms with Gasteiger partial charge in [-0.2, -0.15) is 0 Å². The molecule has 0 aliphatic rings. The first-order chi connectivity index (χ1) is 14.1. The summed E-state index contributed by atoms with van der Waals surface area (Å²) in [5.41, 5.74) is 0.583. The molecule has 0 saturated carbocycles. The molecule has 2 aromatic rings. The standard InChI is InChI=1S/C25H34O4/c1-4-6-8-13-22(5-2)29-24(27)25(19-26,21-11-9-7-10-12-21)18-20-14-16-23(28-3)17-15-20/h7,9-12,14-17,22,26H,4-6,8,13,18-19H2,1-3H3. The van der Waals surface area contributed by atoms with Crippen LogP contribution in [0.4, 0.5) is 0 Å². The van der Waals surface area contributed by atoms with Crippen LogP contribution in [0, 0.1) is 0 Å². The van der Waals surface area contributed by atoms with E-state index >= 15 is 0 Å². The third kappa shape index (κ3) is 6.07. The number of aliphatic hydroxyl groups excluding tert-OH is 1. The SMILES string of the molecule is CCCCCC(CC)OC(=O)C(CO)(Cc1ccc(OC)cc1)c1ccccc1. The van der Waals surface area contributed by atoms with Crippen LogP contribution in [0.3, 0.4) is 0 Å². The van der Waals surface area contributed by atoms with Crippen molar-refractivity contribution < 1.29 is 19.4 Å². The van der Waals surface area contributed by atoms with E-state index in [0.29, 0.717) is 6.42 Å². The van der Waals surface area contributed by atoms with Gasteiger partial charge in [0.05, 0.1) is 13.7 Å². The monoisotopic (exact) mass is 398 g/mol. The first-order valence-corrected chi connectivity index (χ1v) is 10.6. The van der Waals surface area contributed by atoms with Gasteiger partial charge in [-0.25, -0.2) is 0 Å². The van der Waals surface area contributed by atoms with Crippen LogP contribution in [0.15, 0.2) is 54.6 Å². The summed E-state index contributed by atoms with van der Waals surface area (Å²) in [7, 11) is 1.62. The molecule has 0 aromatic heterocycles. The molecule has 0 saturated heterocycles. The van der Waals surface area contributed by atoms with Crippen molar-refractivity contribution >= 4 is 5.97 Å². The number of benzene rings is 2. The molecule has 4 nitrogen and oxygen atoms in total. The summed E-state index contributed by atoms with van der Waals surface area (Å²) in [4.78, 5) is 13.4. The zero-order valence-corrected chi connectivity index (χ0v) is 17.9. The van der Waals surface area contributed by atoms with E-state index < -0.39 is 5.41 Å². The van der Waals surface area contributed by atoms with E-state index in [-0.39, 0.29) is 18.7 Å². The molecule has 0 heterocycles. The molecule has 1 N–H and O–H groups in total. The summed E-state index contributed by atoms with van der Waals surface area (Å²) < 4.78 is 11.2. The van der Waals surface area contributed by atoms with Crippen LogP contribution in [0.25, 0.3) is 0 Å². The summed E-state index contributed by atoms with van der Waals surface area (Å²) in [6, 6.07) is 17.1. The fraction of sp³-hybridized carbons (Fsp3) is 0.480. The molecule has 0 spiro atoms. The Labute approximate surface area is 174 Å². The molecule has 0 aliphatic heterocycles. The van der Waals surface area contributed by atoms with Gasteiger partial charge in [-0.15, -0.1) is 0 Å². The quantitative estimate of drug-likeness (QED) is 0.401. The van der Waals surface area contributed by atoms with Gasteiger partial charge in [0.1, 0.15) is 17.3 Å². The largest absolute Gasteiger partial charge is 0.497 e. The Morgan fingerprint density at radius 2 is 1.72 bits per heavy atom. The van der Waals surface area contributed by atoms with Gasteiger partial charge >= 0.3 is 5.97 Å². The van der Waals surface area contributed by atoms with Gasteiger partial charge in [-0.1, -0.05) is 69.2 Å². The van der Waals surface area contributed by atoms with E-state index in [9.17, 15) is 9.90 Å². The van der Waals surface area contributed by atoms with Crippen molar-refractivity contribution in [2.45, 2.75) is 63.9 Å². The van der Waals surface area contributed by atoms with Gasteiger partial charge in [0.2, 0.25) is 0 Å². The van der Waals surface area contributed by atoms with Crippen LogP contribution in [0.5, 0.6) is 5.75 Å². The fourth-order valence-corrected chi connectivity index (χ4v) is 3.59. The molecule has 4 heteroatoms. The zero-order chi connectivity index (χ0) is 21.1. The average Bonchev–Trinajstić information content (AvgIpc) is 2.77. The summed E-state index contributed by atoms with van der Waals surface area (Å²) in [6.07, 6.45) is 5.17. The van der Waals surface area contributed by atoms with Crippen LogP contribution in [0.2, 0.25) is 0 Å². The van der Waals surface area contributed by atoms with E-state index in [4.69, 9.17) is 9.47 Å². The van der Waals surface area contributed by atoms with Crippen LogP contribution in [-0.4, -0.2) is 30.9 Å². The minimum Gasteiger partial charge on any atom is -0.497 e. The first kappa shape index (κ1) is 23.0. The molecular weight excluding hydrogens is 364 g/mol. The number of aliphatic hydroxyl groups is 1. The maximum atomic E-state index is 13.4. The second-order valence-electron chi connectivity index (χ2n) is 7.56. The number of methoxy groups -OCH3 is 1. The van der Waals surface area contributed by atoms with Gasteiger partial charge < -0.3 is 14.6 Å². The second kappa shape index (κ2) is 11.6. The zero-order valence-electron chi connectivity index (χ0n) is 17.9. The predicted molar refractivity (Wildman–Crippen MR) is 116 cm³/mol. The lowest BCUT2D eigenvalue weighted by atomic mass is 9.76. The minimum atomic E-state index is -1.13. The summed E-state index contributed by atoms with van der Waals surface area (Å²) >= 11 is 0. The highest BCUT2D eigenvalue weighted by molar-refractivity contribution is 5.84. The highest BCUT2D eigenvalue weighted by Crippen LogP contribution is 2.32. The van der Waals surface area contributed by atoms with Gasteiger partial charge in [-0.05, 0) is 48.9 Å². The predicted octanol–water partition coefficient (Wildman–Crippen LogP) is 5.07. The van der Waals surface area contributed by atoms with Crippen molar-refractivity contribution in [3.63, 3.8) is 0 Å². The highest BCUT2D eigenvalue weighted by Gasteiger charge is 2.42. The third-order valence-electron chi connectivity index (χ3n) is 5.51. The summed E-state index contributed by atoms with van der Waals surface area (Å²) in [5.74, 6) is 0.401. The Balaban J connectivity index is 2.31. The van der Waals surface area contributed by atoms with E-state index in [1.807, 2.05) is 61.5 Å². The number of carbonyl (C=O) groups excluding carboxylic acids is 1. The number of unbranched alkanes of at least 4 members (excludes halogenated alkanes) is 2. The van der Waals surface area contributed by atoms with Crippen molar-refractivity contribution in [3.05, 3.63) is 65.7 Å². The second-order valence-corrected chi connectivity index (χ2v) is 7.56. The van der Waals surface area contributed by atoms with Gasteiger partial charge in [0.15, 0.2) is 0 Å². The van der Waals surface area contributed by atoms with E-state index in [1.165, 1.54) is 0 Å². The molecule has 0 amide bonds. The molecule has 0 radical (unpaired) electrons. The first-order valence-electron chi connectivity index (χ1n) is 10.6. The van der Waals surface area contributed by atoms with Crippen molar-refractivity contribution in [3.8, 4) is 5.75 Å². The van der Waals surface area contributed by atoms with E-state index in [2.05, 4.69) is 6.92 Å². The van der Waals surface area contributed by atoms with Crippen LogP contribution in [-0.2, 0) is 21.4 Å². The molecule has 29 heavy (non-hydrogen) atoms. The van der Waals surface area contributed by atoms with Gasteiger partial charge in [-0.3, -0.25) is 4.79 Å². The number of ether oxygens (including phenoxy) is 2.